The molecule has 0 saturated carbocycles. The zero-order chi connectivity index (χ0) is 12.3. The number of carboxylic acids is 1. The number of ether oxygens (including phenoxy) is 1. The second-order valence-corrected chi connectivity index (χ2v) is 5.37. The summed E-state index contributed by atoms with van der Waals surface area (Å²) in [6.45, 7) is 5.16. The van der Waals surface area contributed by atoms with Gasteiger partial charge in [0.05, 0.1) is 5.41 Å². The minimum absolute atomic E-state index is 0.560. The van der Waals surface area contributed by atoms with Crippen molar-refractivity contribution in [3.8, 4) is 0 Å². The Morgan fingerprint density at radius 1 is 1.47 bits per heavy atom. The molecular weight excluding hydrogens is 218 g/mol. The lowest BCUT2D eigenvalue weighted by atomic mass is 9.79. The molecule has 0 amide bonds. The fourth-order valence-electron chi connectivity index (χ4n) is 3.16. The maximum Gasteiger partial charge on any atom is 0.311 e. The Morgan fingerprint density at radius 2 is 2.18 bits per heavy atom. The van der Waals surface area contributed by atoms with Crippen LogP contribution in [0.15, 0.2) is 0 Å². The Morgan fingerprint density at radius 3 is 2.76 bits per heavy atom. The fourth-order valence-corrected chi connectivity index (χ4v) is 3.16. The number of aliphatic carboxylic acids is 1. The largest absolute Gasteiger partial charge is 0.481 e. The second-order valence-electron chi connectivity index (χ2n) is 5.37. The number of likely N-dealkylation sites (tertiary alicyclic amines) is 1. The molecule has 1 atom stereocenters. The van der Waals surface area contributed by atoms with E-state index < -0.39 is 11.4 Å². The molecule has 0 aromatic heterocycles. The first kappa shape index (κ1) is 12.8. The van der Waals surface area contributed by atoms with Gasteiger partial charge in [-0.3, -0.25) is 9.69 Å². The minimum Gasteiger partial charge on any atom is -0.481 e. The molecule has 2 heterocycles. The molecular formula is C13H23NO3. The molecule has 0 aromatic rings. The third-order valence-electron chi connectivity index (χ3n) is 4.38. The van der Waals surface area contributed by atoms with Crippen molar-refractivity contribution in [3.05, 3.63) is 0 Å². The molecule has 98 valence electrons. The quantitative estimate of drug-likeness (QED) is 0.814. The maximum atomic E-state index is 11.6. The van der Waals surface area contributed by atoms with E-state index in [1.54, 1.807) is 0 Å². The monoisotopic (exact) mass is 241 g/mol. The normalized spacial score (nSPS) is 29.4. The third kappa shape index (κ3) is 2.63. The van der Waals surface area contributed by atoms with Crippen LogP contribution in [0, 0.1) is 5.41 Å². The van der Waals surface area contributed by atoms with Gasteiger partial charge in [0, 0.05) is 25.8 Å². The van der Waals surface area contributed by atoms with Gasteiger partial charge in [-0.25, -0.2) is 0 Å². The van der Waals surface area contributed by atoms with Crippen LogP contribution in [0.25, 0.3) is 0 Å². The molecule has 0 spiro atoms. The number of hydrogen-bond donors (Lipinski definition) is 1. The number of carbonyl (C=O) groups is 1. The van der Waals surface area contributed by atoms with Gasteiger partial charge in [-0.2, -0.15) is 0 Å². The van der Waals surface area contributed by atoms with Gasteiger partial charge in [-0.05, 0) is 38.6 Å². The summed E-state index contributed by atoms with van der Waals surface area (Å²) in [4.78, 5) is 14.0. The van der Waals surface area contributed by atoms with Crippen LogP contribution in [0.2, 0.25) is 0 Å². The van der Waals surface area contributed by atoms with Crippen molar-refractivity contribution < 1.29 is 14.6 Å². The van der Waals surface area contributed by atoms with Crippen LogP contribution in [0.1, 0.15) is 39.0 Å². The Labute approximate surface area is 103 Å². The molecule has 2 fully saturated rings. The molecule has 0 aromatic carbocycles. The third-order valence-corrected chi connectivity index (χ3v) is 4.38. The smallest absolute Gasteiger partial charge is 0.311 e. The van der Waals surface area contributed by atoms with Gasteiger partial charge < -0.3 is 9.84 Å². The van der Waals surface area contributed by atoms with Crippen LogP contribution in [-0.4, -0.2) is 48.3 Å². The Kier molecular flexibility index (Phi) is 4.05. The molecule has 4 nitrogen and oxygen atoms in total. The van der Waals surface area contributed by atoms with Crippen LogP contribution in [0.3, 0.4) is 0 Å². The summed E-state index contributed by atoms with van der Waals surface area (Å²) in [6, 6.07) is 0.592. The lowest BCUT2D eigenvalue weighted by Gasteiger charge is -2.38. The summed E-state index contributed by atoms with van der Waals surface area (Å²) < 4.78 is 5.31. The molecule has 2 aliphatic heterocycles. The summed E-state index contributed by atoms with van der Waals surface area (Å²) in [6.07, 6.45) is 4.89. The molecule has 0 aliphatic carbocycles. The molecule has 0 radical (unpaired) electrons. The molecule has 4 heteroatoms. The van der Waals surface area contributed by atoms with E-state index in [0.29, 0.717) is 38.6 Å². The molecule has 0 bridgehead atoms. The van der Waals surface area contributed by atoms with E-state index in [9.17, 15) is 9.90 Å². The summed E-state index contributed by atoms with van der Waals surface area (Å²) >= 11 is 0. The predicted molar refractivity (Wildman–Crippen MR) is 65.0 cm³/mol. The Balaban J connectivity index is 2.04. The van der Waals surface area contributed by atoms with Crippen molar-refractivity contribution in [2.75, 3.05) is 26.3 Å². The van der Waals surface area contributed by atoms with E-state index in [0.717, 1.165) is 13.0 Å². The highest BCUT2D eigenvalue weighted by Crippen LogP contribution is 2.34. The van der Waals surface area contributed by atoms with Crippen molar-refractivity contribution in [1.82, 2.24) is 4.90 Å². The van der Waals surface area contributed by atoms with Crippen molar-refractivity contribution in [3.63, 3.8) is 0 Å². The highest BCUT2D eigenvalue weighted by molar-refractivity contribution is 5.75. The number of carboxylic acid groups (broad SMARTS) is 1. The van der Waals surface area contributed by atoms with E-state index in [1.165, 1.54) is 12.8 Å². The number of hydrogen-bond acceptors (Lipinski definition) is 3. The molecule has 2 rings (SSSR count). The molecule has 1 unspecified atom stereocenters. The van der Waals surface area contributed by atoms with Crippen LogP contribution < -0.4 is 0 Å². The standard InChI is InChI=1S/C13H23NO3/c1-2-11-4-3-7-14(11)10-13(12(15)16)5-8-17-9-6-13/h11H,2-10H2,1H3,(H,15,16). The lowest BCUT2D eigenvalue weighted by Crippen LogP contribution is -2.47. The highest BCUT2D eigenvalue weighted by atomic mass is 16.5. The van der Waals surface area contributed by atoms with Gasteiger partial charge in [0.15, 0.2) is 0 Å². The second kappa shape index (κ2) is 5.36. The van der Waals surface area contributed by atoms with Crippen molar-refractivity contribution in [1.29, 1.82) is 0 Å². The van der Waals surface area contributed by atoms with E-state index in [-0.39, 0.29) is 0 Å². The highest BCUT2D eigenvalue weighted by Gasteiger charge is 2.43. The zero-order valence-electron chi connectivity index (χ0n) is 10.7. The summed E-state index contributed by atoms with van der Waals surface area (Å²) in [5, 5.41) is 9.53. The number of nitrogens with zero attached hydrogens (tertiary/aromatic N) is 1. The van der Waals surface area contributed by atoms with E-state index in [2.05, 4.69) is 11.8 Å². The molecule has 2 saturated heterocycles. The Bertz CT molecular complexity index is 274. The lowest BCUT2D eigenvalue weighted by molar-refractivity contribution is -0.156. The molecule has 2 aliphatic rings. The zero-order valence-corrected chi connectivity index (χ0v) is 10.7. The van der Waals surface area contributed by atoms with Gasteiger partial charge in [0.1, 0.15) is 0 Å². The topological polar surface area (TPSA) is 49.8 Å². The summed E-state index contributed by atoms with van der Waals surface area (Å²) in [5.41, 5.74) is -0.560. The van der Waals surface area contributed by atoms with Gasteiger partial charge in [-0.15, -0.1) is 0 Å². The molecule has 1 N–H and O–H groups in total. The first-order chi connectivity index (χ1) is 8.18. The Hall–Kier alpha value is -0.610. The minimum atomic E-state index is -0.637. The summed E-state index contributed by atoms with van der Waals surface area (Å²) in [5.74, 6) is -0.637. The average Bonchev–Trinajstić information content (AvgIpc) is 2.77. The maximum absolute atomic E-state index is 11.6. The van der Waals surface area contributed by atoms with E-state index in [1.807, 2.05) is 0 Å². The van der Waals surface area contributed by atoms with Gasteiger partial charge in [0.2, 0.25) is 0 Å². The van der Waals surface area contributed by atoms with Crippen molar-refractivity contribution >= 4 is 5.97 Å². The van der Waals surface area contributed by atoms with Crippen molar-refractivity contribution in [2.45, 2.75) is 45.1 Å². The van der Waals surface area contributed by atoms with Crippen LogP contribution in [0.5, 0.6) is 0 Å². The van der Waals surface area contributed by atoms with Crippen molar-refractivity contribution in [2.24, 2.45) is 5.41 Å². The van der Waals surface area contributed by atoms with Crippen LogP contribution in [0.4, 0.5) is 0 Å². The summed E-state index contributed by atoms with van der Waals surface area (Å²) in [7, 11) is 0. The van der Waals surface area contributed by atoms with Gasteiger partial charge >= 0.3 is 5.97 Å². The van der Waals surface area contributed by atoms with Crippen LogP contribution >= 0.6 is 0 Å². The van der Waals surface area contributed by atoms with Crippen LogP contribution in [-0.2, 0) is 9.53 Å². The van der Waals surface area contributed by atoms with E-state index >= 15 is 0 Å². The van der Waals surface area contributed by atoms with Gasteiger partial charge in [0.25, 0.3) is 0 Å². The average molecular weight is 241 g/mol. The predicted octanol–water partition coefficient (Wildman–Crippen LogP) is 1.74. The van der Waals surface area contributed by atoms with Gasteiger partial charge in [-0.1, -0.05) is 6.92 Å². The van der Waals surface area contributed by atoms with E-state index in [4.69, 9.17) is 4.74 Å². The molecule has 17 heavy (non-hydrogen) atoms. The SMILES string of the molecule is CCC1CCCN1CC1(C(=O)O)CCOCC1. The fraction of sp³-hybridized carbons (Fsp3) is 0.923. The number of rotatable bonds is 4. The first-order valence-electron chi connectivity index (χ1n) is 6.73. The first-order valence-corrected chi connectivity index (χ1v) is 6.73.